The first-order valence-electron chi connectivity index (χ1n) is 24.9. The summed E-state index contributed by atoms with van der Waals surface area (Å²) in [5.41, 5.74) is 0. The molecule has 0 aliphatic heterocycles. The molecule has 0 heterocycles. The Bertz CT molecular complexity index is 939. The van der Waals surface area contributed by atoms with Gasteiger partial charge in [-0.3, -0.25) is 9.35 Å². The van der Waals surface area contributed by atoms with Gasteiger partial charge in [0.1, 0.15) is 0 Å². The molecule has 1 amide bonds. The summed E-state index contributed by atoms with van der Waals surface area (Å²) in [6.07, 6.45) is 55.0. The third kappa shape index (κ3) is 44.2. The van der Waals surface area contributed by atoms with Crippen molar-refractivity contribution >= 4 is 16.0 Å². The largest absolute Gasteiger partial charge is 0.387 e. The molecule has 2 atom stereocenters. The number of rotatable bonds is 46. The molecule has 7 heteroatoms. The second-order valence-corrected chi connectivity index (χ2v) is 19.0. The Kier molecular flexibility index (Phi) is 42.9. The average molecular weight is 812 g/mol. The maximum Gasteiger partial charge on any atom is 0.267 e. The van der Waals surface area contributed by atoms with E-state index in [9.17, 15) is 22.9 Å². The van der Waals surface area contributed by atoms with Crippen LogP contribution < -0.4 is 5.32 Å². The van der Waals surface area contributed by atoms with Gasteiger partial charge in [-0.2, -0.15) is 8.42 Å². The minimum absolute atomic E-state index is 0.271. The van der Waals surface area contributed by atoms with Crippen molar-refractivity contribution < 1.29 is 22.9 Å². The Morgan fingerprint density at radius 1 is 0.464 bits per heavy atom. The number of nitrogens with one attached hydrogen (secondary N) is 1. The zero-order valence-corrected chi connectivity index (χ0v) is 38.4. The van der Waals surface area contributed by atoms with Crippen LogP contribution in [0.4, 0.5) is 0 Å². The number of carbonyl (C=O) groups excluding carboxylic acids is 1. The van der Waals surface area contributed by atoms with Gasteiger partial charge in [-0.05, 0) is 19.3 Å². The average Bonchev–Trinajstić information content (AvgIpc) is 3.16. The minimum Gasteiger partial charge on any atom is -0.387 e. The highest BCUT2D eigenvalue weighted by Crippen LogP contribution is 2.17. The first-order chi connectivity index (χ1) is 27.3. The number of hydrogen-bond acceptors (Lipinski definition) is 4. The van der Waals surface area contributed by atoms with E-state index in [0.29, 0.717) is 6.42 Å². The summed E-state index contributed by atoms with van der Waals surface area (Å²) in [7, 11) is -4.34. The number of carbonyl (C=O) groups is 1. The zero-order chi connectivity index (χ0) is 41.1. The molecule has 0 fully saturated rings. The lowest BCUT2D eigenvalue weighted by molar-refractivity contribution is -0.122. The number of aliphatic hydroxyl groups excluding tert-OH is 1. The summed E-state index contributed by atoms with van der Waals surface area (Å²) in [6, 6.07) is -1.05. The second-order valence-electron chi connectivity index (χ2n) is 17.5. The molecular weight excluding hydrogens is 715 g/mol. The van der Waals surface area contributed by atoms with Gasteiger partial charge >= 0.3 is 0 Å². The van der Waals surface area contributed by atoms with Gasteiger partial charge < -0.3 is 10.4 Å². The van der Waals surface area contributed by atoms with Gasteiger partial charge in [0.15, 0.2) is 0 Å². The van der Waals surface area contributed by atoms with Crippen LogP contribution in [0.3, 0.4) is 0 Å². The molecule has 0 saturated heterocycles. The summed E-state index contributed by atoms with van der Waals surface area (Å²) >= 11 is 0. The lowest BCUT2D eigenvalue weighted by Gasteiger charge is -2.21. The highest BCUT2D eigenvalue weighted by atomic mass is 32.2. The maximum atomic E-state index is 12.6. The topological polar surface area (TPSA) is 104 Å². The van der Waals surface area contributed by atoms with Crippen molar-refractivity contribution in [2.24, 2.45) is 0 Å². The summed E-state index contributed by atoms with van der Waals surface area (Å²) in [5, 5.41) is 13.3. The highest BCUT2D eigenvalue weighted by Gasteiger charge is 2.24. The van der Waals surface area contributed by atoms with Crippen molar-refractivity contribution in [2.45, 2.75) is 289 Å². The molecule has 2 unspecified atom stereocenters. The van der Waals surface area contributed by atoms with Crippen LogP contribution in [0.25, 0.3) is 0 Å². The zero-order valence-electron chi connectivity index (χ0n) is 37.5. The Labute approximate surface area is 350 Å². The molecule has 6 nitrogen and oxygen atoms in total. The Hall–Kier alpha value is -0.920. The van der Waals surface area contributed by atoms with Crippen LogP contribution in [0, 0.1) is 0 Å². The lowest BCUT2D eigenvalue weighted by atomic mass is 10.0. The van der Waals surface area contributed by atoms with Gasteiger partial charge in [-0.1, -0.05) is 264 Å². The predicted octanol–water partition coefficient (Wildman–Crippen LogP) is 15.3. The van der Waals surface area contributed by atoms with E-state index in [1.165, 1.54) is 218 Å². The van der Waals surface area contributed by atoms with Crippen LogP contribution in [-0.2, 0) is 14.9 Å². The fraction of sp³-hybridized carbons (Fsp3) is 0.939. The molecule has 0 saturated carbocycles. The normalized spacial score (nSPS) is 13.1. The number of amides is 1. The van der Waals surface area contributed by atoms with E-state index in [0.717, 1.165) is 38.5 Å². The molecular formula is C49H97NO5S. The third-order valence-corrected chi connectivity index (χ3v) is 12.5. The summed E-state index contributed by atoms with van der Waals surface area (Å²) < 4.78 is 32.6. The van der Waals surface area contributed by atoms with Crippen LogP contribution in [0.1, 0.15) is 277 Å². The molecule has 0 aliphatic carbocycles. The van der Waals surface area contributed by atoms with Crippen LogP contribution in [-0.4, -0.2) is 41.9 Å². The molecule has 0 aliphatic rings. The van der Waals surface area contributed by atoms with Crippen LogP contribution in [0.15, 0.2) is 12.2 Å². The predicted molar refractivity (Wildman–Crippen MR) is 244 cm³/mol. The highest BCUT2D eigenvalue weighted by molar-refractivity contribution is 7.85. The smallest absolute Gasteiger partial charge is 0.267 e. The van der Waals surface area contributed by atoms with Crippen molar-refractivity contribution in [3.8, 4) is 0 Å². The van der Waals surface area contributed by atoms with E-state index in [-0.39, 0.29) is 5.91 Å². The van der Waals surface area contributed by atoms with Crippen LogP contribution >= 0.6 is 0 Å². The number of hydrogen-bond donors (Lipinski definition) is 3. The lowest BCUT2D eigenvalue weighted by Crippen LogP contribution is -2.46. The first-order valence-corrected chi connectivity index (χ1v) is 26.5. The molecule has 0 radical (unpaired) electrons. The summed E-state index contributed by atoms with van der Waals surface area (Å²) in [6.45, 7) is 4.56. The van der Waals surface area contributed by atoms with E-state index in [4.69, 9.17) is 0 Å². The Balaban J connectivity index is 3.76. The molecule has 3 N–H and O–H groups in total. The van der Waals surface area contributed by atoms with E-state index in [2.05, 4.69) is 19.2 Å². The third-order valence-electron chi connectivity index (χ3n) is 11.7. The van der Waals surface area contributed by atoms with Gasteiger partial charge in [0.2, 0.25) is 5.91 Å². The number of unbranched alkanes of at least 4 members (excludes halogenated alkanes) is 38. The second kappa shape index (κ2) is 43.7. The number of aliphatic hydroxyl groups is 1. The summed E-state index contributed by atoms with van der Waals surface area (Å²) in [4.78, 5) is 12.6. The molecule has 0 aromatic carbocycles. The van der Waals surface area contributed by atoms with Gasteiger partial charge in [-0.15, -0.1) is 0 Å². The molecule has 334 valence electrons. The van der Waals surface area contributed by atoms with Crippen molar-refractivity contribution in [3.05, 3.63) is 12.2 Å². The molecule has 0 aromatic rings. The van der Waals surface area contributed by atoms with Gasteiger partial charge in [0.05, 0.1) is 17.9 Å². The van der Waals surface area contributed by atoms with Crippen molar-refractivity contribution in [2.75, 3.05) is 5.75 Å². The molecule has 0 aromatic heterocycles. The quantitative estimate of drug-likeness (QED) is 0.0323. The Morgan fingerprint density at radius 3 is 1.02 bits per heavy atom. The SMILES string of the molecule is CCCCCCCCCCCCCCCCCC/C=C/C(O)C(CS(=O)(=O)O)NC(=O)CCCCCCCCCCCCCCCCCCCCCCCCC. The van der Waals surface area contributed by atoms with Crippen molar-refractivity contribution in [3.63, 3.8) is 0 Å². The maximum absolute atomic E-state index is 12.6. The van der Waals surface area contributed by atoms with E-state index >= 15 is 0 Å². The first kappa shape index (κ1) is 55.1. The van der Waals surface area contributed by atoms with Gasteiger partial charge in [0.25, 0.3) is 10.1 Å². The molecule has 56 heavy (non-hydrogen) atoms. The van der Waals surface area contributed by atoms with Gasteiger partial charge in [-0.25, -0.2) is 0 Å². The standard InChI is InChI=1S/C49H97NO5S/c1-3-5-7-9-11-13-15-17-19-21-23-24-25-26-27-29-31-33-35-37-39-41-43-45-49(52)50-47(46-56(53,54)55)48(51)44-42-40-38-36-34-32-30-28-22-20-18-16-14-12-10-8-6-4-2/h42,44,47-48,51H,3-41,43,45-46H2,1-2H3,(H,50,52)(H,53,54,55)/b44-42+. The fourth-order valence-electron chi connectivity index (χ4n) is 7.98. The minimum atomic E-state index is -4.34. The van der Waals surface area contributed by atoms with E-state index < -0.39 is 28.0 Å². The van der Waals surface area contributed by atoms with Crippen LogP contribution in [0.2, 0.25) is 0 Å². The monoisotopic (exact) mass is 812 g/mol. The molecule has 0 spiro atoms. The van der Waals surface area contributed by atoms with Crippen LogP contribution in [0.5, 0.6) is 0 Å². The fourth-order valence-corrected chi connectivity index (χ4v) is 8.72. The van der Waals surface area contributed by atoms with E-state index in [1.54, 1.807) is 6.08 Å². The van der Waals surface area contributed by atoms with E-state index in [1.807, 2.05) is 6.08 Å². The molecule has 0 bridgehead atoms. The molecule has 0 rings (SSSR count). The van der Waals surface area contributed by atoms with Crippen molar-refractivity contribution in [1.82, 2.24) is 5.32 Å². The van der Waals surface area contributed by atoms with Crippen molar-refractivity contribution in [1.29, 1.82) is 0 Å². The number of allylic oxidation sites excluding steroid dienone is 1. The summed E-state index contributed by atoms with van der Waals surface area (Å²) in [5.74, 6) is -0.963. The Morgan fingerprint density at radius 2 is 0.732 bits per heavy atom. The van der Waals surface area contributed by atoms with Gasteiger partial charge in [0, 0.05) is 6.42 Å².